The van der Waals surface area contributed by atoms with E-state index >= 15 is 0 Å². The molecule has 0 unspecified atom stereocenters. The summed E-state index contributed by atoms with van der Waals surface area (Å²) in [5.41, 5.74) is 3.08. The molecule has 1 fully saturated rings. The highest BCUT2D eigenvalue weighted by molar-refractivity contribution is 7.90. The zero-order chi connectivity index (χ0) is 25.3. The highest BCUT2D eigenvalue weighted by atomic mass is 32.2. The van der Waals surface area contributed by atoms with Crippen molar-refractivity contribution in [3.8, 4) is 0 Å². The van der Waals surface area contributed by atoms with Crippen LogP contribution in [-0.2, 0) is 23.7 Å². The van der Waals surface area contributed by atoms with Gasteiger partial charge in [-0.3, -0.25) is 14.5 Å². The fourth-order valence-corrected chi connectivity index (χ4v) is 5.26. The first kappa shape index (κ1) is 25.1. The van der Waals surface area contributed by atoms with Crippen LogP contribution in [0.1, 0.15) is 60.9 Å². The first-order valence-electron chi connectivity index (χ1n) is 12.0. The van der Waals surface area contributed by atoms with Crippen molar-refractivity contribution in [2.45, 2.75) is 45.6 Å². The van der Waals surface area contributed by atoms with Crippen molar-refractivity contribution < 1.29 is 13.2 Å². The maximum Gasteiger partial charge on any atom is 0.301 e. The van der Waals surface area contributed by atoms with E-state index in [9.17, 15) is 13.2 Å². The van der Waals surface area contributed by atoms with E-state index in [4.69, 9.17) is 4.98 Å². The topological polar surface area (TPSA) is 100 Å². The van der Waals surface area contributed by atoms with Gasteiger partial charge in [0.05, 0.1) is 28.3 Å². The van der Waals surface area contributed by atoms with E-state index in [-0.39, 0.29) is 11.9 Å². The Kier molecular flexibility index (Phi) is 7.14. The third-order valence-corrected chi connectivity index (χ3v) is 7.90. The van der Waals surface area contributed by atoms with E-state index in [1.165, 1.54) is 14.1 Å². The molecule has 188 valence electrons. The fraction of sp³-hybridized carbons (Fsp3) is 0.480. The van der Waals surface area contributed by atoms with E-state index in [2.05, 4.69) is 23.6 Å². The molecule has 0 radical (unpaired) electrons. The summed E-state index contributed by atoms with van der Waals surface area (Å²) in [6, 6.07) is 7.16. The monoisotopic (exact) mass is 498 g/mol. The van der Waals surface area contributed by atoms with Crippen LogP contribution in [0.15, 0.2) is 36.7 Å². The second kappa shape index (κ2) is 9.94. The fourth-order valence-electron chi connectivity index (χ4n) is 4.66. The van der Waals surface area contributed by atoms with Crippen LogP contribution in [0.5, 0.6) is 0 Å². The van der Waals surface area contributed by atoms with Crippen LogP contribution in [0.2, 0.25) is 0 Å². The number of hydrogen-bond acceptors (Lipinski definition) is 5. The SMILES string of the molecule is CC(C)Cc1nc2cc(NS(=O)(=O)N(C)C)cc(C(=O)N3CCCC[C@@H]3c3cccnc3)c2n1C. The molecule has 9 nitrogen and oxygen atoms in total. The first-order valence-corrected chi connectivity index (χ1v) is 13.4. The molecule has 1 saturated heterocycles. The van der Waals surface area contributed by atoms with Crippen LogP contribution in [0.25, 0.3) is 11.0 Å². The molecule has 4 rings (SSSR count). The molecule has 2 aromatic heterocycles. The van der Waals surface area contributed by atoms with E-state index < -0.39 is 10.2 Å². The molecule has 0 bridgehead atoms. The Labute approximate surface area is 207 Å². The van der Waals surface area contributed by atoms with Crippen molar-refractivity contribution in [1.82, 2.24) is 23.7 Å². The summed E-state index contributed by atoms with van der Waals surface area (Å²) in [4.78, 5) is 25.1. The number of rotatable bonds is 7. The average molecular weight is 499 g/mol. The zero-order valence-electron chi connectivity index (χ0n) is 21.0. The molecule has 1 atom stereocenters. The van der Waals surface area contributed by atoms with E-state index in [0.717, 1.165) is 41.4 Å². The number of amides is 1. The molecule has 1 aliphatic heterocycles. The molecule has 35 heavy (non-hydrogen) atoms. The second-order valence-electron chi connectivity index (χ2n) is 9.76. The maximum atomic E-state index is 14.1. The van der Waals surface area contributed by atoms with Gasteiger partial charge in [0.1, 0.15) is 5.82 Å². The van der Waals surface area contributed by atoms with Gasteiger partial charge in [-0.05, 0) is 48.9 Å². The number of aryl methyl sites for hydroxylation is 1. The van der Waals surface area contributed by atoms with Crippen molar-refractivity contribution in [1.29, 1.82) is 0 Å². The van der Waals surface area contributed by atoms with Crippen molar-refractivity contribution in [2.75, 3.05) is 25.4 Å². The number of fused-ring (bicyclic) bond motifs is 1. The normalized spacial score (nSPS) is 16.9. The van der Waals surface area contributed by atoms with E-state index in [1.54, 1.807) is 18.3 Å². The van der Waals surface area contributed by atoms with Crippen LogP contribution >= 0.6 is 0 Å². The van der Waals surface area contributed by atoms with Crippen LogP contribution in [-0.4, -0.2) is 58.7 Å². The van der Waals surface area contributed by atoms with Crippen molar-refractivity contribution >= 4 is 32.8 Å². The smallest absolute Gasteiger partial charge is 0.301 e. The summed E-state index contributed by atoms with van der Waals surface area (Å²) in [5.74, 6) is 1.11. The van der Waals surface area contributed by atoms with Gasteiger partial charge in [0.2, 0.25) is 0 Å². The number of hydrogen-bond donors (Lipinski definition) is 1. The van der Waals surface area contributed by atoms with E-state index in [0.29, 0.717) is 34.7 Å². The standard InChI is InChI=1S/C25H34N6O3S/c1-17(2)13-23-27-21-15-19(28-35(33,34)29(3)4)14-20(24(21)30(23)5)25(32)31-12-7-6-10-22(31)18-9-8-11-26-16-18/h8-9,11,14-17,22,28H,6-7,10,12-13H2,1-5H3/t22-/m1/s1. The third kappa shape index (κ3) is 5.18. The Hall–Kier alpha value is -2.98. The summed E-state index contributed by atoms with van der Waals surface area (Å²) < 4.78 is 30.8. The number of piperidine rings is 1. The molecule has 1 N–H and O–H groups in total. The molecule has 1 aromatic carbocycles. The van der Waals surface area contributed by atoms with Gasteiger partial charge in [0, 0.05) is 46.5 Å². The third-order valence-electron chi connectivity index (χ3n) is 6.44. The number of anilines is 1. The first-order chi connectivity index (χ1) is 16.6. The van der Waals surface area contributed by atoms with E-state index in [1.807, 2.05) is 34.8 Å². The molecule has 0 spiro atoms. The number of aromatic nitrogens is 3. The predicted molar refractivity (Wildman–Crippen MR) is 137 cm³/mol. The number of pyridine rings is 1. The number of imidazole rings is 1. The lowest BCUT2D eigenvalue weighted by Crippen LogP contribution is -2.38. The molecule has 0 saturated carbocycles. The predicted octanol–water partition coefficient (Wildman–Crippen LogP) is 3.75. The maximum absolute atomic E-state index is 14.1. The number of likely N-dealkylation sites (tertiary alicyclic amines) is 1. The molecule has 0 aliphatic carbocycles. The molecule has 1 amide bonds. The van der Waals surface area contributed by atoms with Crippen LogP contribution in [0, 0.1) is 5.92 Å². The minimum atomic E-state index is -3.75. The lowest BCUT2D eigenvalue weighted by Gasteiger charge is -2.36. The molecule has 3 heterocycles. The highest BCUT2D eigenvalue weighted by Gasteiger charge is 2.31. The average Bonchev–Trinajstić information content (AvgIpc) is 3.12. The number of carbonyl (C=O) groups is 1. The number of nitrogens with one attached hydrogen (secondary N) is 1. The second-order valence-corrected chi connectivity index (χ2v) is 11.6. The largest absolute Gasteiger partial charge is 0.331 e. The quantitative estimate of drug-likeness (QED) is 0.535. The van der Waals surface area contributed by atoms with Gasteiger partial charge in [-0.15, -0.1) is 0 Å². The van der Waals surface area contributed by atoms with Gasteiger partial charge in [-0.2, -0.15) is 12.7 Å². The van der Waals surface area contributed by atoms with Gasteiger partial charge in [0.25, 0.3) is 5.91 Å². The van der Waals surface area contributed by atoms with Gasteiger partial charge < -0.3 is 9.47 Å². The molecule has 1 aliphatic rings. The van der Waals surface area contributed by atoms with Crippen LogP contribution in [0.3, 0.4) is 0 Å². The Bertz CT molecular complexity index is 1320. The number of nitrogens with zero attached hydrogens (tertiary/aromatic N) is 5. The van der Waals surface area contributed by atoms with Gasteiger partial charge in [0.15, 0.2) is 0 Å². The van der Waals surface area contributed by atoms with Crippen LogP contribution < -0.4 is 4.72 Å². The van der Waals surface area contributed by atoms with Gasteiger partial charge >= 0.3 is 10.2 Å². The van der Waals surface area contributed by atoms with Crippen LogP contribution in [0.4, 0.5) is 5.69 Å². The molecule has 10 heteroatoms. The molecule has 3 aromatic rings. The summed E-state index contributed by atoms with van der Waals surface area (Å²) >= 11 is 0. The van der Waals surface area contributed by atoms with Crippen molar-refractivity contribution in [2.24, 2.45) is 13.0 Å². The molecular formula is C25H34N6O3S. The van der Waals surface area contributed by atoms with Crippen molar-refractivity contribution in [3.63, 3.8) is 0 Å². The minimum Gasteiger partial charge on any atom is -0.331 e. The number of carbonyl (C=O) groups excluding carboxylic acids is 1. The lowest BCUT2D eigenvalue weighted by molar-refractivity contribution is 0.0613. The van der Waals surface area contributed by atoms with Crippen molar-refractivity contribution in [3.05, 3.63) is 53.6 Å². The summed E-state index contributed by atoms with van der Waals surface area (Å²) in [7, 11) is 1.09. The summed E-state index contributed by atoms with van der Waals surface area (Å²) in [6.45, 7) is 4.87. The highest BCUT2D eigenvalue weighted by Crippen LogP contribution is 2.34. The minimum absolute atomic E-state index is 0.0783. The Morgan fingerprint density at radius 2 is 2.03 bits per heavy atom. The summed E-state index contributed by atoms with van der Waals surface area (Å²) in [6.07, 6.45) is 7.11. The Morgan fingerprint density at radius 1 is 1.26 bits per heavy atom. The van der Waals surface area contributed by atoms with Gasteiger partial charge in [-0.25, -0.2) is 4.98 Å². The number of benzene rings is 1. The zero-order valence-corrected chi connectivity index (χ0v) is 21.8. The Balaban J connectivity index is 1.84. The molecular weight excluding hydrogens is 464 g/mol. The lowest BCUT2D eigenvalue weighted by atomic mass is 9.95. The Morgan fingerprint density at radius 3 is 2.69 bits per heavy atom. The van der Waals surface area contributed by atoms with Gasteiger partial charge in [-0.1, -0.05) is 19.9 Å². The summed E-state index contributed by atoms with van der Waals surface area (Å²) in [5, 5.41) is 0.